The average Bonchev–Trinajstić information content (AvgIpc) is 3.61. The van der Waals surface area contributed by atoms with Crippen molar-refractivity contribution in [3.8, 4) is 23.1 Å². The first-order chi connectivity index (χ1) is 26.4. The number of aryl methyl sites for hydroxylation is 2. The van der Waals surface area contributed by atoms with Crippen LogP contribution >= 0.6 is 15.9 Å². The molecule has 3 N–H and O–H groups in total. The molecule has 2 aromatic heterocycles. The van der Waals surface area contributed by atoms with Crippen molar-refractivity contribution in [3.63, 3.8) is 0 Å². The predicted molar refractivity (Wildman–Crippen MR) is 214 cm³/mol. The number of amides is 1. The number of rotatable bonds is 12. The van der Waals surface area contributed by atoms with Crippen molar-refractivity contribution in [2.75, 3.05) is 6.54 Å². The van der Waals surface area contributed by atoms with E-state index >= 15 is 0 Å². The van der Waals surface area contributed by atoms with E-state index in [9.17, 15) is 15.2 Å². The monoisotopic (exact) mass is 779 g/mol. The number of aliphatic hydroxyl groups is 1. The SMILES string of the molecule is N#Cc1ccccc1-c1cc(C(=O)N[C@@H](Cc2ccccc2)[C@@H](O)CN[C@H]2CC3(CCC3)Oc3ncc(Br)cc32)cc2c1ccn2CCc1ccccc1. The Labute approximate surface area is 324 Å². The lowest BCUT2D eigenvalue weighted by Gasteiger charge is -2.47. The lowest BCUT2D eigenvalue weighted by Crippen LogP contribution is -2.52. The highest BCUT2D eigenvalue weighted by atomic mass is 79.9. The molecule has 1 saturated carbocycles. The number of benzene rings is 4. The first-order valence-electron chi connectivity index (χ1n) is 18.6. The van der Waals surface area contributed by atoms with Gasteiger partial charge in [0.25, 0.3) is 5.91 Å². The zero-order valence-corrected chi connectivity index (χ0v) is 31.5. The van der Waals surface area contributed by atoms with E-state index in [1.807, 2.05) is 84.9 Å². The minimum absolute atomic E-state index is 0.0596. The maximum atomic E-state index is 14.4. The second-order valence-corrected chi connectivity index (χ2v) is 15.5. The fourth-order valence-electron chi connectivity index (χ4n) is 7.93. The minimum atomic E-state index is -0.907. The lowest BCUT2D eigenvalue weighted by atomic mass is 9.73. The molecule has 1 spiro atoms. The zero-order chi connectivity index (χ0) is 37.1. The lowest BCUT2D eigenvalue weighted by molar-refractivity contribution is -0.0420. The summed E-state index contributed by atoms with van der Waals surface area (Å²) >= 11 is 3.57. The van der Waals surface area contributed by atoms with E-state index in [1.54, 1.807) is 12.3 Å². The molecule has 9 heteroatoms. The number of nitriles is 1. The summed E-state index contributed by atoms with van der Waals surface area (Å²) in [5, 5.41) is 29.8. The fourth-order valence-corrected chi connectivity index (χ4v) is 8.28. The molecule has 2 aliphatic rings. The number of hydrogen-bond donors (Lipinski definition) is 3. The van der Waals surface area contributed by atoms with Gasteiger partial charge in [-0.05, 0) is 95.1 Å². The molecule has 0 saturated heterocycles. The molecular weight excluding hydrogens is 738 g/mol. The van der Waals surface area contributed by atoms with Gasteiger partial charge in [-0.2, -0.15) is 5.26 Å². The predicted octanol–water partition coefficient (Wildman–Crippen LogP) is 8.32. The molecule has 0 bridgehead atoms. The third-order valence-corrected chi connectivity index (χ3v) is 11.4. The Balaban J connectivity index is 1.09. The molecule has 1 amide bonds. The third kappa shape index (κ3) is 7.56. The Bertz CT molecular complexity index is 2320. The van der Waals surface area contributed by atoms with E-state index in [0.29, 0.717) is 23.4 Å². The number of aromatic nitrogens is 2. The second kappa shape index (κ2) is 15.6. The van der Waals surface area contributed by atoms with Crippen LogP contribution in [0, 0.1) is 11.3 Å². The van der Waals surface area contributed by atoms with Crippen molar-refractivity contribution in [2.45, 2.75) is 68.9 Å². The van der Waals surface area contributed by atoms with Gasteiger partial charge in [-0.15, -0.1) is 0 Å². The number of hydrogen-bond acceptors (Lipinski definition) is 6. The maximum absolute atomic E-state index is 14.4. The highest BCUT2D eigenvalue weighted by Gasteiger charge is 2.46. The maximum Gasteiger partial charge on any atom is 0.251 e. The van der Waals surface area contributed by atoms with E-state index in [1.165, 1.54) is 5.56 Å². The van der Waals surface area contributed by atoms with E-state index < -0.39 is 12.1 Å². The Morgan fingerprint density at radius 3 is 2.46 bits per heavy atom. The molecule has 4 aromatic carbocycles. The molecule has 272 valence electrons. The molecule has 0 unspecified atom stereocenters. The third-order valence-electron chi connectivity index (χ3n) is 11.0. The van der Waals surface area contributed by atoms with Gasteiger partial charge in [-0.25, -0.2) is 4.98 Å². The minimum Gasteiger partial charge on any atom is -0.471 e. The van der Waals surface area contributed by atoms with Gasteiger partial charge in [0.15, 0.2) is 0 Å². The van der Waals surface area contributed by atoms with Crippen LogP contribution in [-0.4, -0.2) is 44.9 Å². The van der Waals surface area contributed by atoms with Crippen molar-refractivity contribution in [1.82, 2.24) is 20.2 Å². The Morgan fingerprint density at radius 1 is 0.981 bits per heavy atom. The van der Waals surface area contributed by atoms with Gasteiger partial charge in [-0.1, -0.05) is 78.9 Å². The normalized spacial score (nSPS) is 16.8. The zero-order valence-electron chi connectivity index (χ0n) is 29.9. The standard InChI is InChI=1S/C45H42BrN5O3/c46-34-25-38-40(26-45(18-9-19-45)54-44(38)49-28-34)48-29-42(52)39(22-31-12-5-2-6-13-31)50-43(53)33-23-37(35-15-8-7-14-32(35)27-47)36-17-21-51(41(36)24-33)20-16-30-10-3-1-4-11-30/h1-8,10-15,17,21,23-25,28,39-40,42,48,52H,9,16,18-20,22,26,29H2,(H,50,53)/t39-,40-,42-/m0/s1. The van der Waals surface area contributed by atoms with Crippen LogP contribution in [0.25, 0.3) is 22.0 Å². The van der Waals surface area contributed by atoms with Crippen LogP contribution in [0.15, 0.2) is 126 Å². The van der Waals surface area contributed by atoms with Gasteiger partial charge in [0.2, 0.25) is 5.88 Å². The number of aliphatic hydroxyl groups excluding tert-OH is 1. The molecule has 3 heterocycles. The largest absolute Gasteiger partial charge is 0.471 e. The molecule has 0 radical (unpaired) electrons. The van der Waals surface area contributed by atoms with Crippen LogP contribution in [0.5, 0.6) is 5.88 Å². The average molecular weight is 781 g/mol. The van der Waals surface area contributed by atoms with Crippen LogP contribution in [0.2, 0.25) is 0 Å². The Hall–Kier alpha value is -5.27. The molecule has 8 rings (SSSR count). The van der Waals surface area contributed by atoms with E-state index in [-0.39, 0.29) is 24.1 Å². The van der Waals surface area contributed by atoms with Crippen LogP contribution in [0.1, 0.15) is 64.3 Å². The Morgan fingerprint density at radius 2 is 1.72 bits per heavy atom. The quantitative estimate of drug-likeness (QED) is 0.115. The topological polar surface area (TPSA) is 112 Å². The summed E-state index contributed by atoms with van der Waals surface area (Å²) < 4.78 is 9.43. The fraction of sp³-hybridized carbons (Fsp3) is 0.267. The number of ether oxygens (including phenoxy) is 1. The second-order valence-electron chi connectivity index (χ2n) is 14.5. The highest BCUT2D eigenvalue weighted by Crippen LogP contribution is 2.48. The summed E-state index contributed by atoms with van der Waals surface area (Å²) in [6.07, 6.45) is 8.06. The van der Waals surface area contributed by atoms with Crippen molar-refractivity contribution in [2.24, 2.45) is 0 Å². The first kappa shape index (κ1) is 35.7. The smallest absolute Gasteiger partial charge is 0.251 e. The first-order valence-corrected chi connectivity index (χ1v) is 19.4. The summed E-state index contributed by atoms with van der Waals surface area (Å²) in [7, 11) is 0. The van der Waals surface area contributed by atoms with E-state index in [2.05, 4.69) is 66.6 Å². The number of fused-ring (bicyclic) bond motifs is 2. The van der Waals surface area contributed by atoms with Gasteiger partial charge >= 0.3 is 0 Å². The molecular formula is C45H42BrN5O3. The van der Waals surface area contributed by atoms with Crippen LogP contribution in [-0.2, 0) is 19.4 Å². The number of carbonyl (C=O) groups is 1. The van der Waals surface area contributed by atoms with Crippen molar-refractivity contribution < 1.29 is 14.6 Å². The Kier molecular flexibility index (Phi) is 10.3. The van der Waals surface area contributed by atoms with Gasteiger partial charge in [0.05, 0.1) is 23.8 Å². The van der Waals surface area contributed by atoms with E-state index in [4.69, 9.17) is 4.74 Å². The molecule has 1 aliphatic carbocycles. The summed E-state index contributed by atoms with van der Waals surface area (Å²) in [5.41, 5.74) is 6.47. The molecule has 3 atom stereocenters. The van der Waals surface area contributed by atoms with Gasteiger partial charge in [0, 0.05) is 70.0 Å². The molecule has 6 aromatic rings. The summed E-state index contributed by atoms with van der Waals surface area (Å²) in [5.74, 6) is 0.351. The molecule has 54 heavy (non-hydrogen) atoms. The molecule has 1 aliphatic heterocycles. The van der Waals surface area contributed by atoms with Gasteiger partial charge in [-0.3, -0.25) is 4.79 Å². The number of pyridine rings is 1. The summed E-state index contributed by atoms with van der Waals surface area (Å²) in [6.45, 7) is 0.980. The van der Waals surface area contributed by atoms with Crippen LogP contribution in [0.3, 0.4) is 0 Å². The number of carbonyl (C=O) groups excluding carboxylic acids is 1. The number of halogens is 1. The van der Waals surface area contributed by atoms with Crippen molar-refractivity contribution >= 4 is 32.7 Å². The van der Waals surface area contributed by atoms with E-state index in [0.717, 1.165) is 76.3 Å². The van der Waals surface area contributed by atoms with Crippen LogP contribution < -0.4 is 15.4 Å². The summed E-state index contributed by atoms with van der Waals surface area (Å²) in [6, 6.07) is 37.4. The van der Waals surface area contributed by atoms with Crippen LogP contribution in [0.4, 0.5) is 0 Å². The van der Waals surface area contributed by atoms with Gasteiger partial charge in [0.1, 0.15) is 5.60 Å². The summed E-state index contributed by atoms with van der Waals surface area (Å²) in [4.78, 5) is 19.0. The number of nitrogens with zero attached hydrogens (tertiary/aromatic N) is 3. The molecule has 8 nitrogen and oxygen atoms in total. The van der Waals surface area contributed by atoms with Crippen molar-refractivity contribution in [1.29, 1.82) is 5.26 Å². The highest BCUT2D eigenvalue weighted by molar-refractivity contribution is 9.10. The van der Waals surface area contributed by atoms with Gasteiger partial charge < -0.3 is 25.0 Å². The molecule has 1 fully saturated rings. The number of nitrogens with one attached hydrogen (secondary N) is 2. The van der Waals surface area contributed by atoms with Crippen molar-refractivity contribution in [3.05, 3.63) is 154 Å².